The Balaban J connectivity index is 1.83. The lowest BCUT2D eigenvalue weighted by atomic mass is 10.1. The molecule has 0 saturated heterocycles. The van der Waals surface area contributed by atoms with Gasteiger partial charge in [-0.15, -0.1) is 0 Å². The van der Waals surface area contributed by atoms with E-state index in [-0.39, 0.29) is 16.4 Å². The molecule has 0 atom stereocenters. The molecule has 28 heavy (non-hydrogen) atoms. The summed E-state index contributed by atoms with van der Waals surface area (Å²) in [7, 11) is -3.80. The molecule has 0 aliphatic heterocycles. The van der Waals surface area contributed by atoms with E-state index in [1.165, 1.54) is 12.1 Å². The van der Waals surface area contributed by atoms with Crippen LogP contribution < -0.4 is 10.0 Å². The van der Waals surface area contributed by atoms with Crippen LogP contribution in [0.15, 0.2) is 71.6 Å². The van der Waals surface area contributed by atoms with E-state index in [1.807, 2.05) is 45.0 Å². The van der Waals surface area contributed by atoms with E-state index in [4.69, 9.17) is 0 Å². The highest BCUT2D eigenvalue weighted by Gasteiger charge is 2.17. The van der Waals surface area contributed by atoms with Gasteiger partial charge in [0.15, 0.2) is 0 Å². The molecular weight excluding hydrogens is 372 g/mol. The minimum absolute atomic E-state index is 0.0299. The molecule has 0 fully saturated rings. The first kappa shape index (κ1) is 19.6. The minimum Gasteiger partial charge on any atom is -0.322 e. The van der Waals surface area contributed by atoms with E-state index in [9.17, 15) is 13.2 Å². The molecule has 0 saturated carbocycles. The smallest absolute Gasteiger partial charge is 0.261 e. The Morgan fingerprint density at radius 3 is 2.25 bits per heavy atom. The van der Waals surface area contributed by atoms with E-state index in [2.05, 4.69) is 10.0 Å². The summed E-state index contributed by atoms with van der Waals surface area (Å²) in [5, 5.41) is 2.84. The lowest BCUT2D eigenvalue weighted by Crippen LogP contribution is -2.16. The fraction of sp³-hybridized carbons (Fsp3) is 0.136. The second-order valence-corrected chi connectivity index (χ2v) is 8.46. The zero-order valence-corrected chi connectivity index (χ0v) is 16.8. The van der Waals surface area contributed by atoms with Crippen molar-refractivity contribution in [3.8, 4) is 0 Å². The van der Waals surface area contributed by atoms with Gasteiger partial charge in [0, 0.05) is 16.9 Å². The van der Waals surface area contributed by atoms with Crippen molar-refractivity contribution in [2.45, 2.75) is 25.7 Å². The number of anilines is 2. The van der Waals surface area contributed by atoms with Gasteiger partial charge in [-0.25, -0.2) is 8.42 Å². The van der Waals surface area contributed by atoms with Crippen molar-refractivity contribution in [2.75, 3.05) is 10.0 Å². The standard InChI is InChI=1S/C22H22N2O3S/c1-15-6-4-8-19(13-15)24-28(26,27)20-9-5-7-18(14-20)22(25)23-21-11-10-16(2)12-17(21)3/h4-14,24H,1-3H3,(H,23,25). The molecular formula is C22H22N2O3S. The first-order valence-corrected chi connectivity index (χ1v) is 10.3. The Labute approximate surface area is 165 Å². The van der Waals surface area contributed by atoms with Crippen LogP contribution in [-0.4, -0.2) is 14.3 Å². The average molecular weight is 394 g/mol. The Morgan fingerprint density at radius 1 is 0.821 bits per heavy atom. The summed E-state index contributed by atoms with van der Waals surface area (Å²) in [5.74, 6) is -0.362. The zero-order chi connectivity index (χ0) is 20.3. The van der Waals surface area contributed by atoms with Crippen LogP contribution in [0.4, 0.5) is 11.4 Å². The highest BCUT2D eigenvalue weighted by Crippen LogP contribution is 2.20. The van der Waals surface area contributed by atoms with Crippen LogP contribution in [-0.2, 0) is 10.0 Å². The molecule has 0 aliphatic rings. The SMILES string of the molecule is Cc1cccc(NS(=O)(=O)c2cccc(C(=O)Nc3ccc(C)cc3C)c2)c1. The molecule has 2 N–H and O–H groups in total. The van der Waals surface area contributed by atoms with Crippen LogP contribution in [0, 0.1) is 20.8 Å². The van der Waals surface area contributed by atoms with E-state index in [0.29, 0.717) is 11.4 Å². The summed E-state index contributed by atoms with van der Waals surface area (Å²) in [6.45, 7) is 5.78. The topological polar surface area (TPSA) is 75.3 Å². The van der Waals surface area contributed by atoms with Crippen molar-refractivity contribution < 1.29 is 13.2 Å². The van der Waals surface area contributed by atoms with Crippen molar-refractivity contribution in [1.29, 1.82) is 0 Å². The predicted octanol–water partition coefficient (Wildman–Crippen LogP) is 4.66. The van der Waals surface area contributed by atoms with Gasteiger partial charge >= 0.3 is 0 Å². The molecule has 3 rings (SSSR count). The molecule has 1 amide bonds. The monoisotopic (exact) mass is 394 g/mol. The Kier molecular flexibility index (Phi) is 5.51. The van der Waals surface area contributed by atoms with Crippen molar-refractivity contribution >= 4 is 27.3 Å². The van der Waals surface area contributed by atoms with Crippen molar-refractivity contribution in [3.05, 3.63) is 89.0 Å². The second kappa shape index (κ2) is 7.86. The maximum atomic E-state index is 12.7. The van der Waals surface area contributed by atoms with Gasteiger partial charge in [-0.3, -0.25) is 9.52 Å². The summed E-state index contributed by atoms with van der Waals surface area (Å²) < 4.78 is 27.9. The Hall–Kier alpha value is -3.12. The van der Waals surface area contributed by atoms with Crippen LogP contribution in [0.2, 0.25) is 0 Å². The molecule has 0 aliphatic carbocycles. The third kappa shape index (κ3) is 4.58. The normalized spacial score (nSPS) is 11.1. The molecule has 0 bridgehead atoms. The number of rotatable bonds is 5. The van der Waals surface area contributed by atoms with Gasteiger partial charge < -0.3 is 5.32 Å². The summed E-state index contributed by atoms with van der Waals surface area (Å²) in [6.07, 6.45) is 0. The third-order valence-electron chi connectivity index (χ3n) is 4.31. The minimum atomic E-state index is -3.80. The zero-order valence-electron chi connectivity index (χ0n) is 16.0. The molecule has 0 spiro atoms. The van der Waals surface area contributed by atoms with E-state index >= 15 is 0 Å². The number of hydrogen-bond donors (Lipinski definition) is 2. The number of aryl methyl sites for hydroxylation is 3. The van der Waals surface area contributed by atoms with E-state index < -0.39 is 10.0 Å². The van der Waals surface area contributed by atoms with Gasteiger partial charge in [0.25, 0.3) is 15.9 Å². The summed E-state index contributed by atoms with van der Waals surface area (Å²) in [4.78, 5) is 12.6. The van der Waals surface area contributed by atoms with E-state index in [1.54, 1.807) is 30.3 Å². The van der Waals surface area contributed by atoms with Gasteiger partial charge in [0.05, 0.1) is 4.90 Å². The molecule has 0 radical (unpaired) electrons. The molecule has 0 aromatic heterocycles. The summed E-state index contributed by atoms with van der Waals surface area (Å²) in [6, 6.07) is 18.8. The second-order valence-electron chi connectivity index (χ2n) is 6.78. The van der Waals surface area contributed by atoms with Crippen LogP contribution in [0.5, 0.6) is 0 Å². The van der Waals surface area contributed by atoms with E-state index in [0.717, 1.165) is 16.7 Å². The Bertz CT molecular complexity index is 1140. The quantitative estimate of drug-likeness (QED) is 0.661. The molecule has 5 nitrogen and oxygen atoms in total. The predicted molar refractivity (Wildman–Crippen MR) is 112 cm³/mol. The first-order valence-electron chi connectivity index (χ1n) is 8.83. The van der Waals surface area contributed by atoms with Crippen LogP contribution >= 0.6 is 0 Å². The number of sulfonamides is 1. The van der Waals surface area contributed by atoms with Crippen molar-refractivity contribution in [2.24, 2.45) is 0 Å². The first-order chi connectivity index (χ1) is 13.2. The number of hydrogen-bond acceptors (Lipinski definition) is 3. The summed E-state index contributed by atoms with van der Waals surface area (Å²) in [5.41, 5.74) is 4.44. The van der Waals surface area contributed by atoms with Gasteiger partial charge in [0.1, 0.15) is 0 Å². The van der Waals surface area contributed by atoms with Crippen LogP contribution in [0.1, 0.15) is 27.0 Å². The number of amides is 1. The molecule has 3 aromatic carbocycles. The maximum absolute atomic E-state index is 12.7. The molecule has 6 heteroatoms. The van der Waals surface area contributed by atoms with Gasteiger partial charge in [-0.05, 0) is 68.3 Å². The lowest BCUT2D eigenvalue weighted by Gasteiger charge is -2.11. The average Bonchev–Trinajstić information content (AvgIpc) is 2.64. The maximum Gasteiger partial charge on any atom is 0.261 e. The van der Waals surface area contributed by atoms with Crippen LogP contribution in [0.25, 0.3) is 0 Å². The summed E-state index contributed by atoms with van der Waals surface area (Å²) >= 11 is 0. The number of nitrogens with one attached hydrogen (secondary N) is 2. The largest absolute Gasteiger partial charge is 0.322 e. The molecule has 3 aromatic rings. The van der Waals surface area contributed by atoms with Crippen molar-refractivity contribution in [3.63, 3.8) is 0 Å². The molecule has 0 heterocycles. The van der Waals surface area contributed by atoms with Crippen LogP contribution in [0.3, 0.4) is 0 Å². The fourth-order valence-electron chi connectivity index (χ4n) is 2.88. The fourth-order valence-corrected chi connectivity index (χ4v) is 3.97. The van der Waals surface area contributed by atoms with Gasteiger partial charge in [0.2, 0.25) is 0 Å². The van der Waals surface area contributed by atoms with Crippen molar-refractivity contribution in [1.82, 2.24) is 0 Å². The number of carbonyl (C=O) groups is 1. The highest BCUT2D eigenvalue weighted by atomic mass is 32.2. The number of benzene rings is 3. The lowest BCUT2D eigenvalue weighted by molar-refractivity contribution is 0.102. The number of carbonyl (C=O) groups excluding carboxylic acids is 1. The van der Waals surface area contributed by atoms with Gasteiger partial charge in [-0.1, -0.05) is 35.9 Å². The molecule has 0 unspecified atom stereocenters. The Morgan fingerprint density at radius 2 is 1.54 bits per heavy atom. The molecule has 144 valence electrons. The van der Waals surface area contributed by atoms with Gasteiger partial charge in [-0.2, -0.15) is 0 Å². The highest BCUT2D eigenvalue weighted by molar-refractivity contribution is 7.92. The third-order valence-corrected chi connectivity index (χ3v) is 5.69.